The van der Waals surface area contributed by atoms with Crippen LogP contribution >= 0.6 is 0 Å². The first-order valence-corrected chi connectivity index (χ1v) is 4.90. The molecule has 0 radical (unpaired) electrons. The first-order chi connectivity index (χ1) is 6.72. The molecule has 0 saturated heterocycles. The molecule has 0 saturated carbocycles. The van der Waals surface area contributed by atoms with Crippen molar-refractivity contribution in [2.45, 2.75) is 39.3 Å². The first-order valence-electron chi connectivity index (χ1n) is 4.90. The number of aryl methyl sites for hydroxylation is 1. The number of hydrogen-bond donors (Lipinski definition) is 2. The SMILES string of the molecule is CCCC(O)CNCc1noc(C)n1. The summed E-state index contributed by atoms with van der Waals surface area (Å²) in [5, 5.41) is 16.2. The molecule has 1 rings (SSSR count). The van der Waals surface area contributed by atoms with Crippen molar-refractivity contribution in [2.75, 3.05) is 6.54 Å². The van der Waals surface area contributed by atoms with Crippen LogP contribution in [-0.2, 0) is 6.54 Å². The van der Waals surface area contributed by atoms with Gasteiger partial charge in [-0.15, -0.1) is 0 Å². The van der Waals surface area contributed by atoms with E-state index in [4.69, 9.17) is 4.52 Å². The van der Waals surface area contributed by atoms with Gasteiger partial charge in [-0.25, -0.2) is 0 Å². The van der Waals surface area contributed by atoms with Gasteiger partial charge in [-0.3, -0.25) is 0 Å². The summed E-state index contributed by atoms with van der Waals surface area (Å²) in [6.45, 7) is 4.91. The van der Waals surface area contributed by atoms with Crippen molar-refractivity contribution in [3.05, 3.63) is 11.7 Å². The Hall–Kier alpha value is -0.940. The van der Waals surface area contributed by atoms with E-state index in [0.29, 0.717) is 24.8 Å². The average Bonchev–Trinajstić information content (AvgIpc) is 2.52. The number of aliphatic hydroxyl groups is 1. The Morgan fingerprint density at radius 1 is 1.57 bits per heavy atom. The minimum absolute atomic E-state index is 0.284. The van der Waals surface area contributed by atoms with Crippen LogP contribution in [0.1, 0.15) is 31.5 Å². The van der Waals surface area contributed by atoms with E-state index < -0.39 is 0 Å². The maximum atomic E-state index is 9.41. The van der Waals surface area contributed by atoms with Crippen LogP contribution in [-0.4, -0.2) is 27.9 Å². The summed E-state index contributed by atoms with van der Waals surface area (Å²) in [5.74, 6) is 1.20. The highest BCUT2D eigenvalue weighted by Crippen LogP contribution is 1.96. The van der Waals surface area contributed by atoms with Gasteiger partial charge < -0.3 is 14.9 Å². The van der Waals surface area contributed by atoms with Crippen LogP contribution in [0, 0.1) is 6.92 Å². The number of hydrogen-bond acceptors (Lipinski definition) is 5. The van der Waals surface area contributed by atoms with Crippen molar-refractivity contribution in [3.63, 3.8) is 0 Å². The molecule has 0 bridgehead atoms. The fourth-order valence-corrected chi connectivity index (χ4v) is 1.20. The van der Waals surface area contributed by atoms with Crippen molar-refractivity contribution in [1.82, 2.24) is 15.5 Å². The van der Waals surface area contributed by atoms with Gasteiger partial charge in [-0.2, -0.15) is 4.98 Å². The first kappa shape index (κ1) is 11.1. The van der Waals surface area contributed by atoms with Crippen LogP contribution in [0.4, 0.5) is 0 Å². The van der Waals surface area contributed by atoms with E-state index in [1.54, 1.807) is 6.92 Å². The molecule has 0 fully saturated rings. The Labute approximate surface area is 83.5 Å². The number of aliphatic hydroxyl groups excluding tert-OH is 1. The fourth-order valence-electron chi connectivity index (χ4n) is 1.20. The zero-order chi connectivity index (χ0) is 10.4. The Bertz CT molecular complexity index is 262. The highest BCUT2D eigenvalue weighted by molar-refractivity contribution is 4.82. The molecule has 14 heavy (non-hydrogen) atoms. The van der Waals surface area contributed by atoms with Crippen molar-refractivity contribution in [1.29, 1.82) is 0 Å². The molecule has 0 aliphatic heterocycles. The van der Waals surface area contributed by atoms with Crippen LogP contribution in [0.3, 0.4) is 0 Å². The van der Waals surface area contributed by atoms with E-state index in [1.165, 1.54) is 0 Å². The van der Waals surface area contributed by atoms with E-state index in [2.05, 4.69) is 15.5 Å². The van der Waals surface area contributed by atoms with Gasteiger partial charge in [0.1, 0.15) is 0 Å². The number of nitrogens with one attached hydrogen (secondary N) is 1. The molecule has 1 atom stereocenters. The maximum Gasteiger partial charge on any atom is 0.223 e. The largest absolute Gasteiger partial charge is 0.392 e. The molecule has 5 nitrogen and oxygen atoms in total. The second-order valence-electron chi connectivity index (χ2n) is 3.30. The van der Waals surface area contributed by atoms with Gasteiger partial charge in [-0.05, 0) is 6.42 Å². The molecule has 0 aliphatic carbocycles. The van der Waals surface area contributed by atoms with E-state index >= 15 is 0 Å². The van der Waals surface area contributed by atoms with Crippen molar-refractivity contribution in [2.24, 2.45) is 0 Å². The van der Waals surface area contributed by atoms with Gasteiger partial charge in [-0.1, -0.05) is 18.5 Å². The standard InChI is InChI=1S/C9H17N3O2/c1-3-4-8(13)5-10-6-9-11-7(2)14-12-9/h8,10,13H,3-6H2,1-2H3. The normalized spacial score (nSPS) is 13.1. The number of aromatic nitrogens is 2. The highest BCUT2D eigenvalue weighted by atomic mass is 16.5. The third kappa shape index (κ3) is 3.85. The molecule has 80 valence electrons. The second-order valence-corrected chi connectivity index (χ2v) is 3.30. The second kappa shape index (κ2) is 5.72. The lowest BCUT2D eigenvalue weighted by Gasteiger charge is -2.08. The third-order valence-electron chi connectivity index (χ3n) is 1.85. The molecule has 1 aromatic heterocycles. The maximum absolute atomic E-state index is 9.41. The van der Waals surface area contributed by atoms with Crippen molar-refractivity contribution >= 4 is 0 Å². The lowest BCUT2D eigenvalue weighted by Crippen LogP contribution is -2.26. The van der Waals surface area contributed by atoms with Gasteiger partial charge in [0.15, 0.2) is 5.82 Å². The molecule has 2 N–H and O–H groups in total. The molecule has 1 aromatic rings. The minimum atomic E-state index is -0.284. The third-order valence-corrected chi connectivity index (χ3v) is 1.85. The summed E-state index contributed by atoms with van der Waals surface area (Å²) < 4.78 is 4.81. The van der Waals surface area contributed by atoms with Crippen LogP contribution in [0.15, 0.2) is 4.52 Å². The van der Waals surface area contributed by atoms with Crippen LogP contribution in [0.2, 0.25) is 0 Å². The summed E-state index contributed by atoms with van der Waals surface area (Å²) in [6, 6.07) is 0. The number of rotatable bonds is 6. The van der Waals surface area contributed by atoms with Crippen LogP contribution in [0.5, 0.6) is 0 Å². The van der Waals surface area contributed by atoms with Crippen molar-refractivity contribution < 1.29 is 9.63 Å². The average molecular weight is 199 g/mol. The molecule has 1 heterocycles. The summed E-state index contributed by atoms with van der Waals surface area (Å²) in [7, 11) is 0. The topological polar surface area (TPSA) is 71.2 Å². The smallest absolute Gasteiger partial charge is 0.223 e. The molecule has 1 unspecified atom stereocenters. The van der Waals surface area contributed by atoms with E-state index in [0.717, 1.165) is 12.8 Å². The van der Waals surface area contributed by atoms with Gasteiger partial charge >= 0.3 is 0 Å². The zero-order valence-corrected chi connectivity index (χ0v) is 8.66. The Balaban J connectivity index is 2.15. The molecular weight excluding hydrogens is 182 g/mol. The van der Waals surface area contributed by atoms with E-state index in [9.17, 15) is 5.11 Å². The van der Waals surface area contributed by atoms with Crippen LogP contribution in [0.25, 0.3) is 0 Å². The lowest BCUT2D eigenvalue weighted by atomic mass is 10.2. The van der Waals surface area contributed by atoms with Gasteiger partial charge in [0.2, 0.25) is 5.89 Å². The van der Waals surface area contributed by atoms with Gasteiger partial charge in [0.25, 0.3) is 0 Å². The van der Waals surface area contributed by atoms with E-state index in [-0.39, 0.29) is 6.10 Å². The van der Waals surface area contributed by atoms with Crippen molar-refractivity contribution in [3.8, 4) is 0 Å². The molecule has 0 spiro atoms. The summed E-state index contributed by atoms with van der Waals surface area (Å²) in [6.07, 6.45) is 1.52. The van der Waals surface area contributed by atoms with Crippen LogP contribution < -0.4 is 5.32 Å². The Morgan fingerprint density at radius 3 is 2.93 bits per heavy atom. The van der Waals surface area contributed by atoms with Gasteiger partial charge in [0, 0.05) is 13.5 Å². The molecule has 0 aromatic carbocycles. The molecular formula is C9H17N3O2. The quantitative estimate of drug-likeness (QED) is 0.703. The molecule has 0 amide bonds. The summed E-state index contributed by atoms with van der Waals surface area (Å²) in [4.78, 5) is 4.03. The summed E-state index contributed by atoms with van der Waals surface area (Å²) >= 11 is 0. The predicted molar refractivity (Wildman–Crippen MR) is 51.7 cm³/mol. The minimum Gasteiger partial charge on any atom is -0.392 e. The van der Waals surface area contributed by atoms with E-state index in [1.807, 2.05) is 6.92 Å². The lowest BCUT2D eigenvalue weighted by molar-refractivity contribution is 0.160. The molecule has 0 aliphatic rings. The highest BCUT2D eigenvalue weighted by Gasteiger charge is 2.04. The Morgan fingerprint density at radius 2 is 2.36 bits per heavy atom. The summed E-state index contributed by atoms with van der Waals surface area (Å²) in [5.41, 5.74) is 0. The molecule has 5 heteroatoms. The number of nitrogens with zero attached hydrogens (tertiary/aromatic N) is 2. The zero-order valence-electron chi connectivity index (χ0n) is 8.66. The monoisotopic (exact) mass is 199 g/mol. The predicted octanol–water partition coefficient (Wildman–Crippen LogP) is 0.629. The Kier molecular flexibility index (Phi) is 4.55. The fraction of sp³-hybridized carbons (Fsp3) is 0.778. The van der Waals surface area contributed by atoms with Gasteiger partial charge in [0.05, 0.1) is 12.6 Å².